The molecule has 0 aliphatic carbocycles. The lowest BCUT2D eigenvalue weighted by Crippen LogP contribution is -2.43. The van der Waals surface area contributed by atoms with Crippen LogP contribution in [0.3, 0.4) is 0 Å². The summed E-state index contributed by atoms with van der Waals surface area (Å²) in [7, 11) is -7.64. The largest absolute Gasteiger partial charge is 0.337 e. The number of carbonyl (C=O) groups excluding carboxylic acids is 2. The highest BCUT2D eigenvalue weighted by Crippen LogP contribution is 2.34. The van der Waals surface area contributed by atoms with Crippen LogP contribution in [0.25, 0.3) is 0 Å². The molecule has 0 radical (unpaired) electrons. The van der Waals surface area contributed by atoms with Crippen molar-refractivity contribution in [3.8, 4) is 0 Å². The van der Waals surface area contributed by atoms with Crippen molar-refractivity contribution in [2.75, 3.05) is 26.2 Å². The Bertz CT molecular complexity index is 2550. The van der Waals surface area contributed by atoms with Gasteiger partial charge >= 0.3 is 0 Å². The Kier molecular flexibility index (Phi) is 14.7. The van der Waals surface area contributed by atoms with Gasteiger partial charge in [0.05, 0.1) is 43.0 Å². The van der Waals surface area contributed by atoms with Crippen LogP contribution < -0.4 is 0 Å². The summed E-state index contributed by atoms with van der Waals surface area (Å²) in [6, 6.07) is 29.1. The third-order valence-electron chi connectivity index (χ3n) is 10.4. The van der Waals surface area contributed by atoms with Gasteiger partial charge in [0.2, 0.25) is 0 Å². The van der Waals surface area contributed by atoms with Gasteiger partial charge in [0, 0.05) is 26.2 Å². The minimum Gasteiger partial charge on any atom is -0.337 e. The zero-order valence-corrected chi connectivity index (χ0v) is 37.7. The molecule has 5 aromatic rings. The smallest absolute Gasteiger partial charge is 0.272 e. The molecule has 0 spiro atoms. The molecule has 2 aliphatic heterocycles. The van der Waals surface area contributed by atoms with Crippen LogP contribution in [0.4, 0.5) is 0 Å². The normalized spacial score (nSPS) is 15.8. The Morgan fingerprint density at radius 3 is 1.48 bits per heavy atom. The monoisotopic (exact) mass is 928 g/mol. The van der Waals surface area contributed by atoms with E-state index in [2.05, 4.69) is 35.9 Å². The second kappa shape index (κ2) is 19.3. The van der Waals surface area contributed by atoms with Crippen LogP contribution in [0.5, 0.6) is 0 Å². The van der Waals surface area contributed by atoms with Crippen LogP contribution >= 0.6 is 46.4 Å². The molecule has 0 atom stereocenters. The number of halogens is 4. The molecule has 2 saturated heterocycles. The molecular weight excluding hydrogens is 886 g/mol. The maximum atomic E-state index is 13.0. The average Bonchev–Trinajstić information content (AvgIpc) is 3.20. The molecule has 2 fully saturated rings. The van der Waals surface area contributed by atoms with Gasteiger partial charge < -0.3 is 9.80 Å². The van der Waals surface area contributed by atoms with Crippen molar-refractivity contribution in [1.29, 1.82) is 0 Å². The zero-order chi connectivity index (χ0) is 43.2. The predicted molar refractivity (Wildman–Crippen MR) is 236 cm³/mol. The fraction of sp³-hybridized carbons (Fsp3) is 0.318. The van der Waals surface area contributed by atoms with Gasteiger partial charge in [-0.25, -0.2) is 26.8 Å². The Hall–Kier alpha value is -4.04. The Balaban J connectivity index is 0.000000203. The second-order valence-electron chi connectivity index (χ2n) is 15.6. The fourth-order valence-corrected chi connectivity index (χ4v) is 12.6. The fourth-order valence-electron chi connectivity index (χ4n) is 7.51. The van der Waals surface area contributed by atoms with Gasteiger partial charge in [0.15, 0.2) is 19.7 Å². The molecular formula is C44H44Cl4N4O6S2. The first-order valence-electron chi connectivity index (χ1n) is 19.3. The molecule has 0 unspecified atom stereocenters. The van der Waals surface area contributed by atoms with E-state index in [4.69, 9.17) is 46.4 Å². The first-order valence-corrected chi connectivity index (χ1v) is 24.1. The van der Waals surface area contributed by atoms with Crippen LogP contribution in [0.1, 0.15) is 83.4 Å². The highest BCUT2D eigenvalue weighted by Gasteiger charge is 2.31. The lowest BCUT2D eigenvalue weighted by atomic mass is 9.84. The van der Waals surface area contributed by atoms with E-state index in [0.717, 1.165) is 25.7 Å². The predicted octanol–water partition coefficient (Wildman–Crippen LogP) is 10.0. The molecule has 4 heterocycles. The second-order valence-corrected chi connectivity index (χ2v) is 21.1. The Morgan fingerprint density at radius 2 is 1.03 bits per heavy atom. The summed E-state index contributed by atoms with van der Waals surface area (Å²) in [6.07, 6.45) is 3.78. The van der Waals surface area contributed by atoms with E-state index < -0.39 is 25.4 Å². The average molecular weight is 931 g/mol. The minimum absolute atomic E-state index is 0.0611. The lowest BCUT2D eigenvalue weighted by molar-refractivity contribution is 0.0577. The van der Waals surface area contributed by atoms with Gasteiger partial charge in [-0.05, 0) is 91.1 Å². The number of sulfone groups is 2. The molecule has 2 aromatic heterocycles. The van der Waals surface area contributed by atoms with E-state index in [1.807, 2.05) is 18.2 Å². The number of carbonyl (C=O) groups is 2. The summed E-state index contributed by atoms with van der Waals surface area (Å²) >= 11 is 24.2. The number of aromatic nitrogens is 2. The number of benzene rings is 3. The molecule has 60 heavy (non-hydrogen) atoms. The zero-order valence-electron chi connectivity index (χ0n) is 33.0. The number of rotatable bonds is 9. The van der Waals surface area contributed by atoms with Gasteiger partial charge in [-0.1, -0.05) is 115 Å². The van der Waals surface area contributed by atoms with Crippen molar-refractivity contribution < 1.29 is 26.4 Å². The van der Waals surface area contributed by atoms with Crippen molar-refractivity contribution in [2.45, 2.75) is 66.7 Å². The molecule has 0 N–H and O–H groups in total. The van der Waals surface area contributed by atoms with Crippen molar-refractivity contribution in [3.63, 3.8) is 0 Å². The molecule has 0 saturated carbocycles. The summed E-state index contributed by atoms with van der Waals surface area (Å²) in [5, 5.41) is 0.252. The molecule has 7 rings (SSSR count). The van der Waals surface area contributed by atoms with Crippen molar-refractivity contribution in [1.82, 2.24) is 19.8 Å². The van der Waals surface area contributed by atoms with E-state index in [9.17, 15) is 26.4 Å². The molecule has 16 heteroatoms. The number of amides is 2. The summed E-state index contributed by atoms with van der Waals surface area (Å²) < 4.78 is 51.4. The Morgan fingerprint density at radius 1 is 0.600 bits per heavy atom. The van der Waals surface area contributed by atoms with Crippen LogP contribution in [0.15, 0.2) is 113 Å². The van der Waals surface area contributed by atoms with Gasteiger partial charge in [0.25, 0.3) is 11.8 Å². The van der Waals surface area contributed by atoms with Crippen molar-refractivity contribution >= 4 is 77.9 Å². The van der Waals surface area contributed by atoms with E-state index >= 15 is 0 Å². The third-order valence-corrected chi connectivity index (χ3v) is 15.6. The quantitative estimate of drug-likeness (QED) is 0.143. The molecule has 0 bridgehead atoms. The SMILES string of the molecule is CC1(C)CCCN(C(=O)c2cccc(CS(=O)(=O)c3c(Cl)cccc3Cl)n2)C1.O=C(c1cccc(CS(=O)(=O)c2c(Cl)cccc2Cl)n1)N1CCC(c2ccccc2)CC1. The molecule has 10 nitrogen and oxygen atoms in total. The standard InChI is InChI=1S/C24H22Cl2N2O3S.C20H22Cl2N2O3S/c25-20-9-5-10-21(26)23(20)32(30,31)16-19-8-4-11-22(27-19)24(29)28-14-12-18(13-15-28)17-6-2-1-3-7-17;1-20(2)10-5-11-24(13-20)19(25)17-9-3-6-14(23-17)12-28(26,27)18-15(21)7-4-8-16(18)22/h1-11,18H,12-16H2;3-4,6-9H,5,10-13H2,1-2H3. The highest BCUT2D eigenvalue weighted by atomic mass is 35.5. The number of hydrogen-bond acceptors (Lipinski definition) is 8. The number of likely N-dealkylation sites (tertiary alicyclic amines) is 2. The first kappa shape index (κ1) is 45.5. The topological polar surface area (TPSA) is 135 Å². The van der Waals surface area contributed by atoms with Crippen LogP contribution in [-0.4, -0.2) is 74.6 Å². The summed E-state index contributed by atoms with van der Waals surface area (Å²) in [6.45, 7) is 6.88. The van der Waals surface area contributed by atoms with Gasteiger partial charge in [-0.2, -0.15) is 0 Å². The van der Waals surface area contributed by atoms with Gasteiger partial charge in [0.1, 0.15) is 21.2 Å². The van der Waals surface area contributed by atoms with Crippen molar-refractivity contribution in [3.05, 3.63) is 152 Å². The van der Waals surface area contributed by atoms with E-state index in [1.54, 1.807) is 58.3 Å². The Labute approximate surface area is 371 Å². The van der Waals surface area contributed by atoms with E-state index in [1.165, 1.54) is 29.8 Å². The third kappa shape index (κ3) is 11.3. The highest BCUT2D eigenvalue weighted by molar-refractivity contribution is 7.91. The maximum Gasteiger partial charge on any atom is 0.272 e. The maximum absolute atomic E-state index is 13.0. The van der Waals surface area contributed by atoms with Crippen LogP contribution in [0, 0.1) is 5.41 Å². The molecule has 316 valence electrons. The summed E-state index contributed by atoms with van der Waals surface area (Å²) in [5.41, 5.74) is 2.39. The summed E-state index contributed by atoms with van der Waals surface area (Å²) in [5.74, 6) is -0.712. The molecule has 2 amide bonds. The molecule has 3 aromatic carbocycles. The number of pyridine rings is 2. The lowest BCUT2D eigenvalue weighted by Gasteiger charge is -2.37. The number of nitrogens with zero attached hydrogens (tertiary/aromatic N) is 4. The minimum atomic E-state index is -3.83. The summed E-state index contributed by atoms with van der Waals surface area (Å²) in [4.78, 5) is 37.8. The molecule has 2 aliphatic rings. The van der Waals surface area contributed by atoms with Gasteiger partial charge in [-0.3, -0.25) is 9.59 Å². The van der Waals surface area contributed by atoms with E-state index in [0.29, 0.717) is 32.1 Å². The van der Waals surface area contributed by atoms with Crippen LogP contribution in [-0.2, 0) is 31.2 Å². The number of piperidine rings is 2. The number of hydrogen-bond donors (Lipinski definition) is 0. The van der Waals surface area contributed by atoms with Crippen LogP contribution in [0.2, 0.25) is 20.1 Å². The van der Waals surface area contributed by atoms with E-state index in [-0.39, 0.29) is 75.6 Å². The van der Waals surface area contributed by atoms with Gasteiger partial charge in [-0.15, -0.1) is 0 Å². The first-order chi connectivity index (χ1) is 28.4. The van der Waals surface area contributed by atoms with Crippen molar-refractivity contribution in [2.24, 2.45) is 5.41 Å².